The van der Waals surface area contributed by atoms with E-state index in [1.165, 1.54) is 6.21 Å². The van der Waals surface area contributed by atoms with Crippen molar-refractivity contribution in [1.82, 2.24) is 15.0 Å². The molecule has 8 nitrogen and oxygen atoms in total. The van der Waals surface area contributed by atoms with Gasteiger partial charge in [-0.25, -0.2) is 5.43 Å². The van der Waals surface area contributed by atoms with Crippen LogP contribution >= 0.6 is 15.9 Å². The predicted molar refractivity (Wildman–Crippen MR) is 115 cm³/mol. The maximum Gasteiger partial charge on any atom is 0.250 e. The Morgan fingerprint density at radius 3 is 2.57 bits per heavy atom. The smallest absolute Gasteiger partial charge is 0.250 e. The van der Waals surface area contributed by atoms with Crippen LogP contribution < -0.4 is 15.6 Å². The molecule has 1 heterocycles. The zero-order valence-electron chi connectivity index (χ0n) is 15.5. The van der Waals surface area contributed by atoms with Gasteiger partial charge in [-0.1, -0.05) is 46.3 Å². The number of benzene rings is 2. The largest absolute Gasteiger partial charge is 0.507 e. The van der Waals surface area contributed by atoms with Gasteiger partial charge in [0.1, 0.15) is 5.75 Å². The van der Waals surface area contributed by atoms with Crippen molar-refractivity contribution in [1.29, 1.82) is 0 Å². The van der Waals surface area contributed by atoms with Gasteiger partial charge >= 0.3 is 0 Å². The predicted octanol–water partition coefficient (Wildman–Crippen LogP) is 3.46. The van der Waals surface area contributed by atoms with Gasteiger partial charge in [-0.05, 0) is 23.8 Å². The van der Waals surface area contributed by atoms with Crippen LogP contribution in [0.15, 0.2) is 58.1 Å². The molecule has 0 unspecified atom stereocenters. The fraction of sp³-hybridized carbons (Fsp3) is 0.158. The second-order valence-corrected chi connectivity index (χ2v) is 7.01. The van der Waals surface area contributed by atoms with Crippen LogP contribution in [0.1, 0.15) is 11.1 Å². The fourth-order valence-electron chi connectivity index (χ4n) is 2.26. The van der Waals surface area contributed by atoms with Gasteiger partial charge in [0.2, 0.25) is 17.8 Å². The van der Waals surface area contributed by atoms with E-state index in [-0.39, 0.29) is 5.75 Å². The Kier molecular flexibility index (Phi) is 6.38. The number of aromatic nitrogens is 3. The normalized spacial score (nSPS) is 10.8. The number of aromatic hydroxyl groups is 1. The van der Waals surface area contributed by atoms with Gasteiger partial charge in [0.25, 0.3) is 0 Å². The molecule has 0 radical (unpaired) electrons. The lowest BCUT2D eigenvalue weighted by Crippen LogP contribution is -2.16. The second-order valence-electron chi connectivity index (χ2n) is 6.09. The molecule has 0 bridgehead atoms. The molecule has 0 atom stereocenters. The lowest BCUT2D eigenvalue weighted by atomic mass is 10.2. The Morgan fingerprint density at radius 1 is 1.07 bits per heavy atom. The summed E-state index contributed by atoms with van der Waals surface area (Å²) >= 11 is 3.36. The van der Waals surface area contributed by atoms with Crippen LogP contribution in [-0.4, -0.2) is 40.4 Å². The summed E-state index contributed by atoms with van der Waals surface area (Å²) in [6.45, 7) is 0.590. The highest BCUT2D eigenvalue weighted by Gasteiger charge is 2.08. The maximum absolute atomic E-state index is 9.87. The second kappa shape index (κ2) is 9.14. The average molecular weight is 442 g/mol. The molecule has 0 aliphatic carbocycles. The minimum atomic E-state index is 0.128. The Balaban J connectivity index is 1.75. The molecule has 0 spiro atoms. The van der Waals surface area contributed by atoms with Crippen LogP contribution in [0.25, 0.3) is 0 Å². The standard InChI is InChI=1S/C19H20BrN7O/c1-27(2)19-24-17(21-11-13-6-4-3-5-7-13)23-18(25-19)26-22-12-14-10-15(20)8-9-16(14)28/h3-10,12,28H,11H2,1-2H3,(H2,21,23,24,25,26). The van der Waals surface area contributed by atoms with Crippen LogP contribution in [0.2, 0.25) is 0 Å². The summed E-state index contributed by atoms with van der Waals surface area (Å²) in [6, 6.07) is 15.1. The van der Waals surface area contributed by atoms with Crippen molar-refractivity contribution in [3.05, 3.63) is 64.1 Å². The van der Waals surface area contributed by atoms with Gasteiger partial charge in [-0.15, -0.1) is 0 Å². The first-order valence-corrected chi connectivity index (χ1v) is 9.29. The number of phenols is 1. The zero-order chi connectivity index (χ0) is 19.9. The summed E-state index contributed by atoms with van der Waals surface area (Å²) in [5.74, 6) is 1.35. The van der Waals surface area contributed by atoms with Crippen molar-refractivity contribution >= 4 is 40.0 Å². The van der Waals surface area contributed by atoms with Crippen molar-refractivity contribution in [2.45, 2.75) is 6.54 Å². The molecular weight excluding hydrogens is 422 g/mol. The zero-order valence-corrected chi connectivity index (χ0v) is 17.1. The molecule has 3 aromatic rings. The third-order valence-electron chi connectivity index (χ3n) is 3.67. The number of hydrogen-bond acceptors (Lipinski definition) is 8. The first-order chi connectivity index (χ1) is 13.5. The van der Waals surface area contributed by atoms with E-state index in [2.05, 4.69) is 46.7 Å². The molecule has 0 aliphatic rings. The van der Waals surface area contributed by atoms with E-state index in [4.69, 9.17) is 0 Å². The van der Waals surface area contributed by atoms with Gasteiger partial charge < -0.3 is 15.3 Å². The summed E-state index contributed by atoms with van der Waals surface area (Å²) in [7, 11) is 3.70. The molecule has 3 rings (SSSR count). The molecule has 0 fully saturated rings. The van der Waals surface area contributed by atoms with E-state index in [0.29, 0.717) is 30.0 Å². The summed E-state index contributed by atoms with van der Waals surface area (Å²) in [5.41, 5.74) is 4.47. The Hall–Kier alpha value is -3.20. The SMILES string of the molecule is CN(C)c1nc(NCc2ccccc2)nc(NN=Cc2cc(Br)ccc2O)n1. The van der Waals surface area contributed by atoms with Crippen LogP contribution in [-0.2, 0) is 6.54 Å². The molecule has 28 heavy (non-hydrogen) atoms. The summed E-state index contributed by atoms with van der Waals surface area (Å²) in [5, 5.41) is 17.2. The third-order valence-corrected chi connectivity index (χ3v) is 4.17. The van der Waals surface area contributed by atoms with Gasteiger partial charge in [0.05, 0.1) is 6.21 Å². The first kappa shape index (κ1) is 19.6. The van der Waals surface area contributed by atoms with Gasteiger partial charge in [0, 0.05) is 30.7 Å². The van der Waals surface area contributed by atoms with Crippen molar-refractivity contribution in [3.8, 4) is 5.75 Å². The first-order valence-electron chi connectivity index (χ1n) is 8.50. The highest BCUT2D eigenvalue weighted by atomic mass is 79.9. The maximum atomic E-state index is 9.87. The van der Waals surface area contributed by atoms with E-state index >= 15 is 0 Å². The van der Waals surface area contributed by atoms with E-state index in [9.17, 15) is 5.11 Å². The molecule has 0 saturated carbocycles. The third kappa shape index (κ3) is 5.40. The number of halogens is 1. The number of nitrogens with zero attached hydrogens (tertiary/aromatic N) is 5. The highest BCUT2D eigenvalue weighted by molar-refractivity contribution is 9.10. The van der Waals surface area contributed by atoms with Crippen molar-refractivity contribution in [2.24, 2.45) is 5.10 Å². The summed E-state index contributed by atoms with van der Waals surface area (Å²) in [6.07, 6.45) is 1.50. The Labute approximate surface area is 171 Å². The van der Waals surface area contributed by atoms with E-state index in [1.54, 1.807) is 23.1 Å². The highest BCUT2D eigenvalue weighted by Crippen LogP contribution is 2.20. The van der Waals surface area contributed by atoms with Gasteiger partial charge in [-0.2, -0.15) is 20.1 Å². The quantitative estimate of drug-likeness (QED) is 0.381. The Bertz CT molecular complexity index is 964. The van der Waals surface area contributed by atoms with Crippen molar-refractivity contribution in [2.75, 3.05) is 29.7 Å². The molecule has 2 aromatic carbocycles. The summed E-state index contributed by atoms with van der Waals surface area (Å²) < 4.78 is 0.842. The van der Waals surface area contributed by atoms with Crippen molar-refractivity contribution < 1.29 is 5.11 Å². The van der Waals surface area contributed by atoms with Crippen LogP contribution in [0, 0.1) is 0 Å². The number of phenolic OH excluding ortho intramolecular Hbond substituents is 1. The van der Waals surface area contributed by atoms with E-state index < -0.39 is 0 Å². The van der Waals surface area contributed by atoms with Crippen molar-refractivity contribution in [3.63, 3.8) is 0 Å². The molecule has 9 heteroatoms. The topological polar surface area (TPSA) is 98.6 Å². The minimum absolute atomic E-state index is 0.128. The number of nitrogens with one attached hydrogen (secondary N) is 2. The van der Waals surface area contributed by atoms with Gasteiger partial charge in [0.15, 0.2) is 0 Å². The molecule has 0 saturated heterocycles. The fourth-order valence-corrected chi connectivity index (χ4v) is 2.64. The molecule has 144 valence electrons. The average Bonchev–Trinajstić information content (AvgIpc) is 2.69. The van der Waals surface area contributed by atoms with E-state index in [0.717, 1.165) is 10.0 Å². The number of hydrogen-bond donors (Lipinski definition) is 3. The van der Waals surface area contributed by atoms with E-state index in [1.807, 2.05) is 44.4 Å². The minimum Gasteiger partial charge on any atom is -0.507 e. The van der Waals surface area contributed by atoms with Crippen LogP contribution in [0.5, 0.6) is 5.75 Å². The molecular formula is C19H20BrN7O. The van der Waals surface area contributed by atoms with Gasteiger partial charge in [-0.3, -0.25) is 0 Å². The monoisotopic (exact) mass is 441 g/mol. The molecule has 0 amide bonds. The number of hydrazone groups is 1. The van der Waals surface area contributed by atoms with Crippen LogP contribution in [0.3, 0.4) is 0 Å². The molecule has 3 N–H and O–H groups in total. The summed E-state index contributed by atoms with van der Waals surface area (Å²) in [4.78, 5) is 14.8. The molecule has 1 aromatic heterocycles. The number of anilines is 3. The molecule has 0 aliphatic heterocycles. The lowest BCUT2D eigenvalue weighted by molar-refractivity contribution is 0.474. The Morgan fingerprint density at radius 2 is 1.82 bits per heavy atom. The number of rotatable bonds is 7. The lowest BCUT2D eigenvalue weighted by Gasteiger charge is -2.13. The van der Waals surface area contributed by atoms with Crippen LogP contribution in [0.4, 0.5) is 17.8 Å².